The van der Waals surface area contributed by atoms with Gasteiger partial charge in [0.1, 0.15) is 22.9 Å². The lowest BCUT2D eigenvalue weighted by molar-refractivity contribution is -0.384. The smallest absolute Gasteiger partial charge is 0.410 e. The van der Waals surface area contributed by atoms with Gasteiger partial charge in [-0.1, -0.05) is 44.0 Å². The predicted octanol–water partition coefficient (Wildman–Crippen LogP) is 8.02. The Labute approximate surface area is 241 Å². The van der Waals surface area contributed by atoms with Crippen molar-refractivity contribution in [1.82, 2.24) is 9.78 Å². The van der Waals surface area contributed by atoms with Crippen molar-refractivity contribution in [2.75, 3.05) is 10.6 Å². The van der Waals surface area contributed by atoms with Gasteiger partial charge in [-0.05, 0) is 42.0 Å². The molecule has 0 radical (unpaired) electrons. The predicted molar refractivity (Wildman–Crippen MR) is 148 cm³/mol. The zero-order chi connectivity index (χ0) is 28.6. The fourth-order valence-corrected chi connectivity index (χ4v) is 4.83. The van der Waals surface area contributed by atoms with Gasteiger partial charge in [0.2, 0.25) is 0 Å². The van der Waals surface area contributed by atoms with Gasteiger partial charge in [0.05, 0.1) is 28.9 Å². The van der Waals surface area contributed by atoms with Crippen molar-refractivity contribution in [3.05, 3.63) is 103 Å². The van der Waals surface area contributed by atoms with Crippen LogP contribution in [0, 0.1) is 10.1 Å². The number of carbonyl (C=O) groups excluding carboxylic acids is 1. The van der Waals surface area contributed by atoms with Crippen molar-refractivity contribution in [3.63, 3.8) is 0 Å². The molecule has 2 heterocycles. The first-order chi connectivity index (χ1) is 19.0. The van der Waals surface area contributed by atoms with Crippen LogP contribution in [0.4, 0.5) is 30.4 Å². The Morgan fingerprint density at radius 3 is 2.33 bits per heavy atom. The number of aromatic nitrogens is 2. The maximum absolute atomic E-state index is 14.0. The normalized spacial score (nSPS) is 16.5. The monoisotopic (exact) mass is 679 g/mol. The summed E-state index contributed by atoms with van der Waals surface area (Å²) in [5, 5.41) is 20.9. The number of alkyl halides is 3. The maximum atomic E-state index is 14.0. The van der Waals surface area contributed by atoms with E-state index < -0.39 is 29.1 Å². The SMILES string of the molecule is O=C(Nc1cc(Oc2ccc(Br)cc2)cc([N+](=O)[O-])c1)c1cnn2c1N[C@H](c1ccc(Br)cc1)C[C@H]2C(F)(F)F. The minimum absolute atomic E-state index is 0.0129. The average Bonchev–Trinajstić information content (AvgIpc) is 3.33. The second-order valence-corrected chi connectivity index (χ2v) is 10.7. The average molecular weight is 681 g/mol. The largest absolute Gasteiger partial charge is 0.457 e. The molecule has 1 aromatic heterocycles. The number of amides is 1. The summed E-state index contributed by atoms with van der Waals surface area (Å²) in [6.07, 6.45) is -3.91. The van der Waals surface area contributed by atoms with Crippen molar-refractivity contribution in [1.29, 1.82) is 0 Å². The third-order valence-electron chi connectivity index (χ3n) is 6.16. The lowest BCUT2D eigenvalue weighted by Gasteiger charge is -2.34. The summed E-state index contributed by atoms with van der Waals surface area (Å²) >= 11 is 6.63. The molecule has 1 amide bonds. The summed E-state index contributed by atoms with van der Waals surface area (Å²) < 4.78 is 50.1. The van der Waals surface area contributed by atoms with Crippen molar-refractivity contribution in [3.8, 4) is 11.5 Å². The van der Waals surface area contributed by atoms with E-state index in [-0.39, 0.29) is 34.9 Å². The lowest BCUT2D eigenvalue weighted by atomic mass is 9.96. The molecule has 0 saturated carbocycles. The lowest BCUT2D eigenvalue weighted by Crippen LogP contribution is -2.36. The number of nitrogens with zero attached hydrogens (tertiary/aromatic N) is 3. The molecule has 40 heavy (non-hydrogen) atoms. The zero-order valence-corrected chi connectivity index (χ0v) is 23.3. The van der Waals surface area contributed by atoms with Crippen molar-refractivity contribution in [2.24, 2.45) is 0 Å². The third-order valence-corrected chi connectivity index (χ3v) is 7.22. The number of hydrogen-bond acceptors (Lipinski definition) is 6. The molecule has 5 rings (SSSR count). The Kier molecular flexibility index (Phi) is 7.55. The van der Waals surface area contributed by atoms with Crippen LogP contribution in [-0.4, -0.2) is 26.8 Å². The minimum Gasteiger partial charge on any atom is -0.457 e. The molecule has 9 nitrogen and oxygen atoms in total. The van der Waals surface area contributed by atoms with Crippen molar-refractivity contribution >= 4 is 55.0 Å². The Hall–Kier alpha value is -3.91. The second kappa shape index (κ2) is 10.9. The fraction of sp³-hybridized carbons (Fsp3) is 0.154. The van der Waals surface area contributed by atoms with Crippen LogP contribution in [0.25, 0.3) is 0 Å². The summed E-state index contributed by atoms with van der Waals surface area (Å²) in [4.78, 5) is 24.2. The standard InChI is InChI=1S/C26H18Br2F3N5O4/c27-15-3-1-14(2-4-15)22-12-23(26(29,30)31)35-24(34-22)21(13-32-35)25(37)33-17-9-18(36(38)39)11-20(10-17)40-19-7-5-16(28)6-8-19/h1-11,13,22-23,34H,12H2,(H,33,37)/t22-,23-/m0/s1. The van der Waals surface area contributed by atoms with Gasteiger partial charge in [-0.3, -0.25) is 14.9 Å². The van der Waals surface area contributed by atoms with Gasteiger partial charge in [-0.15, -0.1) is 0 Å². The molecule has 0 spiro atoms. The van der Waals surface area contributed by atoms with Crippen LogP contribution < -0.4 is 15.4 Å². The van der Waals surface area contributed by atoms with Gasteiger partial charge >= 0.3 is 6.18 Å². The number of rotatable bonds is 6. The van der Waals surface area contributed by atoms with Gasteiger partial charge < -0.3 is 15.4 Å². The van der Waals surface area contributed by atoms with Crippen LogP contribution in [-0.2, 0) is 0 Å². The molecule has 2 atom stereocenters. The van der Waals surface area contributed by atoms with Crippen LogP contribution in [0.3, 0.4) is 0 Å². The van der Waals surface area contributed by atoms with Gasteiger partial charge in [0, 0.05) is 27.5 Å². The highest BCUT2D eigenvalue weighted by atomic mass is 79.9. The van der Waals surface area contributed by atoms with Crippen LogP contribution in [0.5, 0.6) is 11.5 Å². The zero-order valence-electron chi connectivity index (χ0n) is 20.2. The van der Waals surface area contributed by atoms with E-state index in [0.29, 0.717) is 11.3 Å². The summed E-state index contributed by atoms with van der Waals surface area (Å²) in [6, 6.07) is 14.5. The molecule has 1 aliphatic rings. The highest BCUT2D eigenvalue weighted by Gasteiger charge is 2.47. The number of nitro benzene ring substituents is 1. The molecule has 206 valence electrons. The molecular formula is C26H18Br2F3N5O4. The molecule has 0 bridgehead atoms. The number of nitrogens with one attached hydrogen (secondary N) is 2. The molecule has 2 N–H and O–H groups in total. The van der Waals surface area contributed by atoms with Gasteiger partial charge in [-0.2, -0.15) is 18.3 Å². The summed E-state index contributed by atoms with van der Waals surface area (Å²) in [5.74, 6) is -0.445. The van der Waals surface area contributed by atoms with Crippen molar-refractivity contribution < 1.29 is 27.6 Å². The number of halogens is 5. The topological polar surface area (TPSA) is 111 Å². The fourth-order valence-electron chi connectivity index (χ4n) is 4.30. The van der Waals surface area contributed by atoms with E-state index in [0.717, 1.165) is 25.9 Å². The molecular weight excluding hydrogens is 663 g/mol. The van der Waals surface area contributed by atoms with Crippen molar-refractivity contribution in [2.45, 2.75) is 24.7 Å². The van der Waals surface area contributed by atoms with E-state index in [2.05, 4.69) is 47.6 Å². The number of fused-ring (bicyclic) bond motifs is 1. The Bertz CT molecular complexity index is 1580. The maximum Gasteiger partial charge on any atom is 0.410 e. The number of benzene rings is 3. The summed E-state index contributed by atoms with van der Waals surface area (Å²) in [6.45, 7) is 0. The molecule has 0 saturated heterocycles. The first-order valence-corrected chi connectivity index (χ1v) is 13.3. The molecule has 4 aromatic rings. The van der Waals surface area contributed by atoms with Crippen LogP contribution in [0.15, 0.2) is 81.9 Å². The Balaban J connectivity index is 1.45. The van der Waals surface area contributed by atoms with E-state index >= 15 is 0 Å². The third kappa shape index (κ3) is 5.97. The highest BCUT2D eigenvalue weighted by molar-refractivity contribution is 9.10. The van der Waals surface area contributed by atoms with Crippen LogP contribution in [0.1, 0.15) is 34.4 Å². The summed E-state index contributed by atoms with van der Waals surface area (Å²) in [7, 11) is 0. The van der Waals surface area contributed by atoms with E-state index in [4.69, 9.17) is 4.74 Å². The molecule has 0 aliphatic carbocycles. The van der Waals surface area contributed by atoms with Crippen LogP contribution >= 0.6 is 31.9 Å². The molecule has 0 unspecified atom stereocenters. The first kappa shape index (κ1) is 27.6. The van der Waals surface area contributed by atoms with E-state index in [1.54, 1.807) is 48.5 Å². The Morgan fingerprint density at radius 2 is 1.70 bits per heavy atom. The number of non-ortho nitro benzene ring substituents is 1. The quantitative estimate of drug-likeness (QED) is 0.158. The highest BCUT2D eigenvalue weighted by Crippen LogP contribution is 2.44. The van der Waals surface area contributed by atoms with Gasteiger partial charge in [0.15, 0.2) is 6.04 Å². The number of hydrogen-bond donors (Lipinski definition) is 2. The molecule has 3 aromatic carbocycles. The van der Waals surface area contributed by atoms with E-state index in [1.165, 1.54) is 12.1 Å². The number of ether oxygens (including phenoxy) is 1. The van der Waals surface area contributed by atoms with E-state index in [9.17, 15) is 28.1 Å². The first-order valence-electron chi connectivity index (χ1n) is 11.7. The number of nitro groups is 1. The minimum atomic E-state index is -4.62. The Morgan fingerprint density at radius 1 is 1.05 bits per heavy atom. The number of anilines is 2. The number of carbonyl (C=O) groups is 1. The van der Waals surface area contributed by atoms with E-state index in [1.807, 2.05) is 0 Å². The molecule has 0 fully saturated rings. The van der Waals surface area contributed by atoms with Gasteiger partial charge in [0.25, 0.3) is 11.6 Å². The van der Waals surface area contributed by atoms with Crippen LogP contribution in [0.2, 0.25) is 0 Å². The second-order valence-electron chi connectivity index (χ2n) is 8.88. The summed E-state index contributed by atoms with van der Waals surface area (Å²) in [5.41, 5.74) is 0.106. The van der Waals surface area contributed by atoms with Gasteiger partial charge in [-0.25, -0.2) is 4.68 Å². The molecule has 1 aliphatic heterocycles. The molecule has 14 heteroatoms.